The Balaban J connectivity index is 2.08. The molecule has 2 heterocycles. The molecule has 1 saturated heterocycles. The minimum atomic E-state index is -0.983. The van der Waals surface area contributed by atoms with E-state index in [4.69, 9.17) is 0 Å². The molecule has 23 heavy (non-hydrogen) atoms. The van der Waals surface area contributed by atoms with Crippen LogP contribution in [0.25, 0.3) is 0 Å². The molecule has 9 nitrogen and oxygen atoms in total. The van der Waals surface area contributed by atoms with Gasteiger partial charge in [0.1, 0.15) is 12.1 Å². The number of hydrogen-bond acceptors (Lipinski definition) is 5. The number of carbonyl (C=O) groups is 4. The maximum atomic E-state index is 12.4. The van der Waals surface area contributed by atoms with Crippen molar-refractivity contribution >= 4 is 35.2 Å². The molecule has 1 aromatic heterocycles. The van der Waals surface area contributed by atoms with Gasteiger partial charge in [-0.15, -0.1) is 11.3 Å². The van der Waals surface area contributed by atoms with Gasteiger partial charge in [0.05, 0.1) is 0 Å². The highest BCUT2D eigenvalue weighted by atomic mass is 32.1. The van der Waals surface area contributed by atoms with E-state index in [0.717, 1.165) is 4.90 Å². The molecular formula is C13H17N5O4S. The maximum absolute atomic E-state index is 12.4. The Kier molecular flexibility index (Phi) is 5.16. The molecule has 1 aliphatic rings. The second kappa shape index (κ2) is 7.09. The molecule has 1 aliphatic heterocycles. The highest BCUT2D eigenvalue weighted by Crippen LogP contribution is 2.20. The highest BCUT2D eigenvalue weighted by Gasteiger charge is 2.33. The summed E-state index contributed by atoms with van der Waals surface area (Å²) in [6.45, 7) is 0.355. The van der Waals surface area contributed by atoms with Gasteiger partial charge in [0, 0.05) is 25.5 Å². The Morgan fingerprint density at radius 1 is 1.39 bits per heavy atom. The summed E-state index contributed by atoms with van der Waals surface area (Å²) in [7, 11) is 2.68. The topological polar surface area (TPSA) is 120 Å². The Morgan fingerprint density at radius 3 is 2.61 bits per heavy atom. The summed E-state index contributed by atoms with van der Waals surface area (Å²) < 4.78 is 0. The van der Waals surface area contributed by atoms with Gasteiger partial charge in [-0.1, -0.05) is 6.07 Å². The summed E-state index contributed by atoms with van der Waals surface area (Å²) in [5, 5.41) is 11.7. The Labute approximate surface area is 136 Å². The van der Waals surface area contributed by atoms with Gasteiger partial charge in [-0.25, -0.2) is 14.5 Å². The van der Waals surface area contributed by atoms with Crippen LogP contribution in [0.5, 0.6) is 0 Å². The number of β-lactam (4-membered cyclic amide) rings is 1. The molecule has 2 unspecified atom stereocenters. The van der Waals surface area contributed by atoms with E-state index in [1.54, 1.807) is 17.5 Å². The van der Waals surface area contributed by atoms with Gasteiger partial charge in [-0.2, -0.15) is 0 Å². The van der Waals surface area contributed by atoms with Crippen molar-refractivity contribution in [1.29, 1.82) is 0 Å². The molecule has 10 heteroatoms. The predicted octanol–water partition coefficient (Wildman–Crippen LogP) is -0.615. The van der Waals surface area contributed by atoms with Crippen LogP contribution in [-0.4, -0.2) is 55.5 Å². The Bertz CT molecular complexity index is 618. The molecule has 6 amide bonds. The van der Waals surface area contributed by atoms with Crippen LogP contribution in [0.2, 0.25) is 0 Å². The van der Waals surface area contributed by atoms with Crippen LogP contribution in [0.1, 0.15) is 10.9 Å². The second-order valence-electron chi connectivity index (χ2n) is 4.82. The molecule has 0 aliphatic carbocycles. The number of amides is 6. The molecule has 0 aromatic carbocycles. The number of nitrogens with zero attached hydrogens (tertiary/aromatic N) is 1. The summed E-state index contributed by atoms with van der Waals surface area (Å²) in [5.74, 6) is -0.775. The fraction of sp³-hybridized carbons (Fsp3) is 0.385. The van der Waals surface area contributed by atoms with Gasteiger partial charge < -0.3 is 21.3 Å². The zero-order chi connectivity index (χ0) is 17.0. The van der Waals surface area contributed by atoms with Crippen molar-refractivity contribution in [1.82, 2.24) is 26.2 Å². The van der Waals surface area contributed by atoms with Crippen molar-refractivity contribution < 1.29 is 19.2 Å². The molecule has 0 bridgehead atoms. The number of hydrogen-bond donors (Lipinski definition) is 4. The standard InChI is InChI=1S/C13H17N5O4S/c1-14-12(21)18(2)13(22)17-9(8-4-3-5-23-8)11(20)16-7-6-15-10(7)19/h3-5,7,9H,6H2,1-2H3,(H,14,21)(H,15,19)(H,16,20)(H,17,22). The van der Waals surface area contributed by atoms with E-state index in [-0.39, 0.29) is 5.91 Å². The minimum absolute atomic E-state index is 0.267. The normalized spacial score (nSPS) is 17.3. The van der Waals surface area contributed by atoms with E-state index in [1.807, 2.05) is 0 Å². The monoisotopic (exact) mass is 339 g/mol. The van der Waals surface area contributed by atoms with E-state index >= 15 is 0 Å². The number of urea groups is 2. The average Bonchev–Trinajstić information content (AvgIpc) is 3.08. The third-order valence-electron chi connectivity index (χ3n) is 3.29. The summed E-state index contributed by atoms with van der Waals surface area (Å²) in [6, 6.07) is 0.518. The first kappa shape index (κ1) is 16.7. The second-order valence-corrected chi connectivity index (χ2v) is 5.80. The summed E-state index contributed by atoms with van der Waals surface area (Å²) in [4.78, 5) is 48.6. The van der Waals surface area contributed by atoms with Crippen LogP contribution < -0.4 is 21.3 Å². The van der Waals surface area contributed by atoms with E-state index in [1.165, 1.54) is 25.4 Å². The van der Waals surface area contributed by atoms with Gasteiger partial charge in [-0.3, -0.25) is 9.59 Å². The van der Waals surface area contributed by atoms with E-state index in [0.29, 0.717) is 11.4 Å². The quantitative estimate of drug-likeness (QED) is 0.547. The first-order chi connectivity index (χ1) is 10.9. The zero-order valence-electron chi connectivity index (χ0n) is 12.6. The lowest BCUT2D eigenvalue weighted by atomic mass is 10.1. The van der Waals surface area contributed by atoms with Gasteiger partial charge >= 0.3 is 12.1 Å². The molecule has 124 valence electrons. The van der Waals surface area contributed by atoms with Crippen LogP contribution in [0.3, 0.4) is 0 Å². The van der Waals surface area contributed by atoms with Crippen molar-refractivity contribution in [2.75, 3.05) is 20.6 Å². The van der Waals surface area contributed by atoms with Crippen LogP contribution in [0.15, 0.2) is 17.5 Å². The smallest absolute Gasteiger partial charge is 0.326 e. The Morgan fingerprint density at radius 2 is 2.13 bits per heavy atom. The van der Waals surface area contributed by atoms with Crippen LogP contribution >= 0.6 is 11.3 Å². The van der Waals surface area contributed by atoms with Gasteiger partial charge in [0.15, 0.2) is 0 Å². The number of rotatable bonds is 4. The van der Waals surface area contributed by atoms with Crippen molar-refractivity contribution in [2.45, 2.75) is 12.1 Å². The number of imide groups is 1. The van der Waals surface area contributed by atoms with E-state index in [9.17, 15) is 19.2 Å². The first-order valence-corrected chi connectivity index (χ1v) is 7.69. The summed E-state index contributed by atoms with van der Waals surface area (Å²) >= 11 is 1.29. The largest absolute Gasteiger partial charge is 0.352 e. The molecule has 0 saturated carbocycles. The van der Waals surface area contributed by atoms with E-state index in [2.05, 4.69) is 21.3 Å². The molecule has 0 radical (unpaired) electrons. The molecule has 0 spiro atoms. The molecule has 2 atom stereocenters. The lowest BCUT2D eigenvalue weighted by Gasteiger charge is -2.29. The molecule has 1 aromatic rings. The fourth-order valence-electron chi connectivity index (χ4n) is 1.86. The van der Waals surface area contributed by atoms with E-state index < -0.39 is 30.1 Å². The fourth-order valence-corrected chi connectivity index (χ4v) is 2.63. The van der Waals surface area contributed by atoms with Crippen molar-refractivity contribution in [2.24, 2.45) is 0 Å². The predicted molar refractivity (Wildman–Crippen MR) is 82.8 cm³/mol. The van der Waals surface area contributed by atoms with Crippen molar-refractivity contribution in [3.8, 4) is 0 Å². The maximum Gasteiger partial charge on any atom is 0.326 e. The highest BCUT2D eigenvalue weighted by molar-refractivity contribution is 7.10. The minimum Gasteiger partial charge on any atom is -0.352 e. The average molecular weight is 339 g/mol. The van der Waals surface area contributed by atoms with Gasteiger partial charge in [-0.05, 0) is 11.4 Å². The zero-order valence-corrected chi connectivity index (χ0v) is 13.4. The summed E-state index contributed by atoms with van der Waals surface area (Å²) in [5.41, 5.74) is 0. The Hall–Kier alpha value is -2.62. The molecular weight excluding hydrogens is 322 g/mol. The van der Waals surface area contributed by atoms with Gasteiger partial charge in [0.25, 0.3) is 0 Å². The first-order valence-electron chi connectivity index (χ1n) is 6.81. The van der Waals surface area contributed by atoms with Gasteiger partial charge in [0.2, 0.25) is 11.8 Å². The number of thiophene rings is 1. The molecule has 4 N–H and O–H groups in total. The third kappa shape index (κ3) is 3.77. The van der Waals surface area contributed by atoms with Crippen LogP contribution in [-0.2, 0) is 9.59 Å². The number of carbonyl (C=O) groups excluding carboxylic acids is 4. The van der Waals surface area contributed by atoms with Crippen LogP contribution in [0.4, 0.5) is 9.59 Å². The number of nitrogens with one attached hydrogen (secondary N) is 4. The third-order valence-corrected chi connectivity index (χ3v) is 4.23. The van der Waals surface area contributed by atoms with Crippen LogP contribution in [0, 0.1) is 0 Å². The lowest BCUT2D eigenvalue weighted by Crippen LogP contribution is -2.63. The van der Waals surface area contributed by atoms with Crippen molar-refractivity contribution in [3.05, 3.63) is 22.4 Å². The molecule has 2 rings (SSSR count). The molecule has 1 fully saturated rings. The summed E-state index contributed by atoms with van der Waals surface area (Å²) in [6.07, 6.45) is 0. The SMILES string of the molecule is CNC(=O)N(C)C(=O)NC(C(=O)NC1CNC1=O)c1cccs1. The van der Waals surface area contributed by atoms with Crippen molar-refractivity contribution in [3.63, 3.8) is 0 Å². The lowest BCUT2D eigenvalue weighted by molar-refractivity contribution is -0.134.